The molecule has 1 aliphatic heterocycles. The first-order valence-electron chi connectivity index (χ1n) is 8.19. The molecule has 2 amide bonds. The average molecular weight is 326 g/mol. The van der Waals surface area contributed by atoms with Crippen molar-refractivity contribution in [3.8, 4) is 0 Å². The summed E-state index contributed by atoms with van der Waals surface area (Å²) in [5.74, 6) is 0.786. The summed E-state index contributed by atoms with van der Waals surface area (Å²) in [6, 6.07) is 6.02. The molecular weight excluding hydrogens is 304 g/mol. The lowest BCUT2D eigenvalue weighted by Gasteiger charge is -2.32. The average Bonchev–Trinajstić information content (AvgIpc) is 2.62. The van der Waals surface area contributed by atoms with E-state index < -0.39 is 0 Å². The molecule has 1 aliphatic rings. The number of nitrogens with zero attached hydrogens (tertiary/aromatic N) is 4. The molecule has 3 heterocycles. The third kappa shape index (κ3) is 4.18. The van der Waals surface area contributed by atoms with Crippen molar-refractivity contribution >= 4 is 11.8 Å². The van der Waals surface area contributed by atoms with Gasteiger partial charge in [0, 0.05) is 44.3 Å². The van der Waals surface area contributed by atoms with Gasteiger partial charge in [-0.05, 0) is 49.1 Å². The topological polar surface area (TPSA) is 83.0 Å². The number of aromatic nitrogens is 3. The lowest BCUT2D eigenvalue weighted by Crippen LogP contribution is -2.46. The first kappa shape index (κ1) is 16.2. The summed E-state index contributed by atoms with van der Waals surface area (Å²) < 4.78 is 0. The Hall–Kier alpha value is -2.70. The summed E-state index contributed by atoms with van der Waals surface area (Å²) in [7, 11) is 0. The molecule has 0 bridgehead atoms. The van der Waals surface area contributed by atoms with E-state index in [0.29, 0.717) is 12.6 Å². The molecule has 2 aromatic heterocycles. The zero-order valence-electron chi connectivity index (χ0n) is 13.8. The molecule has 0 saturated carbocycles. The molecule has 7 nitrogen and oxygen atoms in total. The maximum Gasteiger partial charge on any atom is 0.317 e. The zero-order valence-corrected chi connectivity index (χ0v) is 13.8. The van der Waals surface area contributed by atoms with Crippen LogP contribution in [-0.4, -0.2) is 45.2 Å². The number of hydrogen-bond acceptors (Lipinski definition) is 5. The van der Waals surface area contributed by atoms with Crippen LogP contribution in [0, 0.1) is 6.92 Å². The van der Waals surface area contributed by atoms with Gasteiger partial charge < -0.3 is 15.5 Å². The summed E-state index contributed by atoms with van der Waals surface area (Å²) in [4.78, 5) is 18.2. The molecule has 1 saturated heterocycles. The minimum absolute atomic E-state index is 0.0100. The lowest BCUT2D eigenvalue weighted by molar-refractivity contribution is 0.183. The van der Waals surface area contributed by atoms with E-state index in [4.69, 9.17) is 0 Å². The molecule has 0 aromatic carbocycles. The molecule has 2 aromatic rings. The standard InChI is InChI=1S/C17H22N6O/c1-13-11-18-8-4-14(13)12-19-17(24)23-9-5-15(6-10-23)21-16-3-2-7-20-22-16/h2-4,7-8,11,15H,5-6,9-10,12H2,1H3,(H,19,24)(H,21,22). The number of piperidine rings is 1. The Morgan fingerprint density at radius 3 is 2.83 bits per heavy atom. The van der Waals surface area contributed by atoms with Crippen molar-refractivity contribution in [1.82, 2.24) is 25.4 Å². The third-order valence-corrected chi connectivity index (χ3v) is 4.27. The fourth-order valence-electron chi connectivity index (χ4n) is 2.80. The maximum absolute atomic E-state index is 12.3. The number of aryl methyl sites for hydroxylation is 1. The van der Waals surface area contributed by atoms with Gasteiger partial charge >= 0.3 is 6.03 Å². The molecule has 2 N–H and O–H groups in total. The quantitative estimate of drug-likeness (QED) is 0.897. The van der Waals surface area contributed by atoms with E-state index in [9.17, 15) is 4.79 Å². The second-order valence-corrected chi connectivity index (χ2v) is 5.98. The van der Waals surface area contributed by atoms with Crippen molar-refractivity contribution in [2.75, 3.05) is 18.4 Å². The van der Waals surface area contributed by atoms with E-state index in [1.165, 1.54) is 0 Å². The Balaban J connectivity index is 1.44. The fraction of sp³-hybridized carbons (Fsp3) is 0.412. The van der Waals surface area contributed by atoms with Gasteiger partial charge in [-0.3, -0.25) is 4.98 Å². The summed E-state index contributed by atoms with van der Waals surface area (Å²) in [5, 5.41) is 14.3. The lowest BCUT2D eigenvalue weighted by atomic mass is 10.1. The Kier molecular flexibility index (Phi) is 5.20. The van der Waals surface area contributed by atoms with Gasteiger partial charge in [-0.1, -0.05) is 0 Å². The zero-order chi connectivity index (χ0) is 16.8. The Morgan fingerprint density at radius 1 is 1.29 bits per heavy atom. The van der Waals surface area contributed by atoms with E-state index >= 15 is 0 Å². The van der Waals surface area contributed by atoms with Crippen molar-refractivity contribution in [3.63, 3.8) is 0 Å². The number of pyridine rings is 1. The summed E-state index contributed by atoms with van der Waals surface area (Å²) >= 11 is 0. The Morgan fingerprint density at radius 2 is 2.12 bits per heavy atom. The van der Waals surface area contributed by atoms with Crippen LogP contribution >= 0.6 is 0 Å². The van der Waals surface area contributed by atoms with Crippen LogP contribution in [0.2, 0.25) is 0 Å². The first-order chi connectivity index (χ1) is 11.7. The highest BCUT2D eigenvalue weighted by Gasteiger charge is 2.22. The third-order valence-electron chi connectivity index (χ3n) is 4.27. The van der Waals surface area contributed by atoms with E-state index in [0.717, 1.165) is 42.9 Å². The predicted molar refractivity (Wildman–Crippen MR) is 91.5 cm³/mol. The van der Waals surface area contributed by atoms with Gasteiger partial charge in [-0.2, -0.15) is 5.10 Å². The van der Waals surface area contributed by atoms with E-state index in [-0.39, 0.29) is 6.03 Å². The number of likely N-dealkylation sites (tertiary alicyclic amines) is 1. The fourth-order valence-corrected chi connectivity index (χ4v) is 2.80. The van der Waals surface area contributed by atoms with Gasteiger partial charge in [0.05, 0.1) is 0 Å². The Bertz CT molecular complexity index is 670. The van der Waals surface area contributed by atoms with Crippen LogP contribution in [0.4, 0.5) is 10.6 Å². The molecule has 0 spiro atoms. The number of rotatable bonds is 4. The molecule has 0 radical (unpaired) electrons. The largest absolute Gasteiger partial charge is 0.366 e. The molecule has 0 unspecified atom stereocenters. The van der Waals surface area contributed by atoms with Crippen LogP contribution in [0.15, 0.2) is 36.8 Å². The van der Waals surface area contributed by atoms with Gasteiger partial charge in [0.15, 0.2) is 0 Å². The SMILES string of the molecule is Cc1cnccc1CNC(=O)N1CCC(Nc2cccnn2)CC1. The predicted octanol–water partition coefficient (Wildman–Crippen LogP) is 1.97. The van der Waals surface area contributed by atoms with Gasteiger partial charge in [-0.25, -0.2) is 4.79 Å². The van der Waals surface area contributed by atoms with Crippen LogP contribution in [0.5, 0.6) is 0 Å². The molecule has 126 valence electrons. The number of urea groups is 1. The van der Waals surface area contributed by atoms with Crippen molar-refractivity contribution < 1.29 is 4.79 Å². The number of hydrogen-bond donors (Lipinski definition) is 2. The molecule has 7 heteroatoms. The molecule has 3 rings (SSSR count). The molecule has 0 atom stereocenters. The number of carbonyl (C=O) groups is 1. The van der Waals surface area contributed by atoms with Crippen LogP contribution in [-0.2, 0) is 6.54 Å². The molecule has 24 heavy (non-hydrogen) atoms. The van der Waals surface area contributed by atoms with Gasteiger partial charge in [0.25, 0.3) is 0 Å². The second kappa shape index (κ2) is 7.72. The highest BCUT2D eigenvalue weighted by atomic mass is 16.2. The Labute approximate surface area is 141 Å². The van der Waals surface area contributed by atoms with E-state index in [1.807, 2.05) is 36.2 Å². The van der Waals surface area contributed by atoms with Crippen LogP contribution in [0.1, 0.15) is 24.0 Å². The van der Waals surface area contributed by atoms with Gasteiger partial charge in [0.1, 0.15) is 5.82 Å². The number of anilines is 1. The van der Waals surface area contributed by atoms with Gasteiger partial charge in [0.2, 0.25) is 0 Å². The summed E-state index contributed by atoms with van der Waals surface area (Å²) in [5.41, 5.74) is 2.18. The minimum Gasteiger partial charge on any atom is -0.366 e. The first-order valence-corrected chi connectivity index (χ1v) is 8.19. The summed E-state index contributed by atoms with van der Waals surface area (Å²) in [6.45, 7) is 4.00. The molecule has 1 fully saturated rings. The number of carbonyl (C=O) groups excluding carboxylic acids is 1. The number of amides is 2. The maximum atomic E-state index is 12.3. The summed E-state index contributed by atoms with van der Waals surface area (Å²) in [6.07, 6.45) is 7.02. The van der Waals surface area contributed by atoms with Crippen molar-refractivity contribution in [2.45, 2.75) is 32.4 Å². The second-order valence-electron chi connectivity index (χ2n) is 5.98. The van der Waals surface area contributed by atoms with Gasteiger partial charge in [-0.15, -0.1) is 5.10 Å². The van der Waals surface area contributed by atoms with Crippen LogP contribution in [0.25, 0.3) is 0 Å². The highest BCUT2D eigenvalue weighted by Crippen LogP contribution is 2.15. The van der Waals surface area contributed by atoms with Crippen molar-refractivity contribution in [3.05, 3.63) is 47.9 Å². The highest BCUT2D eigenvalue weighted by molar-refractivity contribution is 5.74. The molecule has 0 aliphatic carbocycles. The number of nitrogens with one attached hydrogen (secondary N) is 2. The van der Waals surface area contributed by atoms with Crippen molar-refractivity contribution in [2.24, 2.45) is 0 Å². The smallest absolute Gasteiger partial charge is 0.317 e. The van der Waals surface area contributed by atoms with E-state index in [2.05, 4.69) is 25.8 Å². The molecular formula is C17H22N6O. The van der Waals surface area contributed by atoms with Crippen molar-refractivity contribution in [1.29, 1.82) is 0 Å². The monoisotopic (exact) mass is 326 g/mol. The van der Waals surface area contributed by atoms with Crippen LogP contribution < -0.4 is 10.6 Å². The van der Waals surface area contributed by atoms with E-state index in [1.54, 1.807) is 12.4 Å². The van der Waals surface area contributed by atoms with Crippen LogP contribution in [0.3, 0.4) is 0 Å². The normalized spacial score (nSPS) is 15.1. The minimum atomic E-state index is -0.0100.